The number of pyridine rings is 1. The minimum atomic E-state index is -1.14. The van der Waals surface area contributed by atoms with Crippen LogP contribution in [0.25, 0.3) is 11.2 Å². The third-order valence-electron chi connectivity index (χ3n) is 11.1. The Labute approximate surface area is 313 Å². The molecule has 3 aliphatic rings. The molecule has 8 rings (SSSR count). The van der Waals surface area contributed by atoms with Gasteiger partial charge in [0.1, 0.15) is 12.2 Å². The van der Waals surface area contributed by atoms with E-state index in [1.54, 1.807) is 17.1 Å². The van der Waals surface area contributed by atoms with Crippen molar-refractivity contribution in [3.8, 4) is 0 Å². The first-order valence-corrected chi connectivity index (χ1v) is 18.9. The van der Waals surface area contributed by atoms with Crippen molar-refractivity contribution in [2.75, 3.05) is 29.9 Å². The molecule has 0 radical (unpaired) electrons. The molecule has 14 nitrogen and oxygen atoms in total. The molecule has 54 heavy (non-hydrogen) atoms. The zero-order valence-corrected chi connectivity index (χ0v) is 30.0. The van der Waals surface area contributed by atoms with E-state index in [0.717, 1.165) is 36.1 Å². The van der Waals surface area contributed by atoms with Crippen LogP contribution in [0.5, 0.6) is 0 Å². The highest BCUT2D eigenvalue weighted by atomic mass is 16.3. The highest BCUT2D eigenvalue weighted by Gasteiger charge is 2.45. The molecule has 3 fully saturated rings. The Bertz CT molecular complexity index is 2010. The Morgan fingerprint density at radius 1 is 0.852 bits per heavy atom. The highest BCUT2D eigenvalue weighted by Crippen LogP contribution is 2.36. The molecule has 3 amide bonds. The van der Waals surface area contributed by atoms with Crippen LogP contribution < -0.4 is 26.2 Å². The van der Waals surface area contributed by atoms with Gasteiger partial charge in [-0.1, -0.05) is 73.2 Å². The summed E-state index contributed by atoms with van der Waals surface area (Å²) in [5.41, 5.74) is 4.11. The average Bonchev–Trinajstić information content (AvgIpc) is 3.89. The molecule has 0 spiro atoms. The number of nitrogens with one attached hydrogen (secondary N) is 4. The summed E-state index contributed by atoms with van der Waals surface area (Å²) in [6, 6.07) is 24.6. The van der Waals surface area contributed by atoms with Gasteiger partial charge in [0, 0.05) is 43.7 Å². The van der Waals surface area contributed by atoms with Crippen LogP contribution in [-0.2, 0) is 11.3 Å². The molecule has 2 aliphatic carbocycles. The van der Waals surface area contributed by atoms with Gasteiger partial charge < -0.3 is 40.9 Å². The van der Waals surface area contributed by atoms with E-state index >= 15 is 0 Å². The maximum Gasteiger partial charge on any atom is 0.315 e. The van der Waals surface area contributed by atoms with Gasteiger partial charge in [-0.05, 0) is 48.9 Å². The fraction of sp³-hybridized carbons (Fsp3) is 0.400. The molecule has 5 aromatic rings. The van der Waals surface area contributed by atoms with E-state index in [9.17, 15) is 19.8 Å². The van der Waals surface area contributed by atoms with Gasteiger partial charge >= 0.3 is 6.03 Å². The number of anilines is 2. The summed E-state index contributed by atoms with van der Waals surface area (Å²) >= 11 is 0. The number of aromatic nitrogens is 5. The van der Waals surface area contributed by atoms with Crippen LogP contribution in [0.1, 0.15) is 60.9 Å². The van der Waals surface area contributed by atoms with E-state index in [2.05, 4.69) is 50.5 Å². The van der Waals surface area contributed by atoms with Crippen LogP contribution in [0.2, 0.25) is 0 Å². The number of carbonyl (C=O) groups excluding carboxylic acids is 2. The first kappa shape index (κ1) is 35.4. The first-order valence-electron chi connectivity index (χ1n) is 18.9. The number of imidazole rings is 1. The SMILES string of the molecule is O=C(NCc1ccccn1)N[C@@H]1CCN(c2nc(NCC(c3ccccc3)c3ccccc3)c3ncn([C@@H]4C[C@H](NC(=O)C5CCC5)[C@@H](O)[C@H]4O)c3n2)C1. The summed E-state index contributed by atoms with van der Waals surface area (Å²) in [6.45, 7) is 1.95. The van der Waals surface area contributed by atoms with E-state index in [-0.39, 0.29) is 29.8 Å². The molecule has 4 heterocycles. The normalized spacial score (nSPS) is 22.6. The lowest BCUT2D eigenvalue weighted by Gasteiger charge is -2.27. The Hall–Kier alpha value is -5.60. The summed E-state index contributed by atoms with van der Waals surface area (Å²) in [6.07, 6.45) is 4.79. The number of nitrogens with zero attached hydrogens (tertiary/aromatic N) is 6. The van der Waals surface area contributed by atoms with Crippen molar-refractivity contribution in [1.29, 1.82) is 0 Å². The maximum atomic E-state index is 12.8. The number of fused-ring (bicyclic) bond motifs is 1. The molecule has 2 aromatic carbocycles. The fourth-order valence-corrected chi connectivity index (χ4v) is 7.78. The van der Waals surface area contributed by atoms with Crippen molar-refractivity contribution in [3.05, 3.63) is 108 Å². The molecule has 0 unspecified atom stereocenters. The van der Waals surface area contributed by atoms with Crippen molar-refractivity contribution in [2.45, 2.75) is 74.9 Å². The van der Waals surface area contributed by atoms with Gasteiger partial charge in [-0.25, -0.2) is 9.78 Å². The number of carbonyl (C=O) groups is 2. The van der Waals surface area contributed by atoms with Crippen molar-refractivity contribution in [3.63, 3.8) is 0 Å². The topological polar surface area (TPSA) is 182 Å². The largest absolute Gasteiger partial charge is 0.388 e. The Balaban J connectivity index is 1.06. The average molecular weight is 731 g/mol. The quantitative estimate of drug-likeness (QED) is 0.111. The van der Waals surface area contributed by atoms with Gasteiger partial charge in [0.25, 0.3) is 0 Å². The standard InChI is InChI=1S/C40H46N10O4/c51-34-31(46-38(53)27-14-9-15-27)20-32(35(34)52)50-24-44-33-36(42-22-30(25-10-3-1-4-11-25)26-12-5-2-6-13-26)47-39(48-37(33)50)49-19-17-29(23-49)45-40(54)43-21-28-16-7-8-18-41-28/h1-8,10-13,16,18,24,27,29-32,34-35,51-52H,9,14-15,17,19-23H2,(H,46,53)(H,42,47,48)(H2,43,45,54)/t29-,31+,32-,34-,35+/m1/s1. The maximum absolute atomic E-state index is 12.8. The van der Waals surface area contributed by atoms with Gasteiger partial charge in [0.2, 0.25) is 11.9 Å². The highest BCUT2D eigenvalue weighted by molar-refractivity contribution is 5.85. The molecule has 280 valence electrons. The summed E-state index contributed by atoms with van der Waals surface area (Å²) in [7, 11) is 0. The van der Waals surface area contributed by atoms with Crippen LogP contribution in [-0.4, -0.2) is 90.6 Å². The molecule has 3 aromatic heterocycles. The fourth-order valence-electron chi connectivity index (χ4n) is 7.78. The third-order valence-corrected chi connectivity index (χ3v) is 11.1. The van der Waals surface area contributed by atoms with Crippen molar-refractivity contribution in [2.24, 2.45) is 5.92 Å². The number of amides is 3. The molecular formula is C40H46N10O4. The molecular weight excluding hydrogens is 685 g/mol. The van der Waals surface area contributed by atoms with Gasteiger partial charge in [-0.15, -0.1) is 0 Å². The van der Waals surface area contributed by atoms with Crippen molar-refractivity contribution in [1.82, 2.24) is 40.5 Å². The van der Waals surface area contributed by atoms with Gasteiger partial charge in [0.15, 0.2) is 17.0 Å². The number of aliphatic hydroxyl groups is 2. The van der Waals surface area contributed by atoms with Crippen LogP contribution in [0, 0.1) is 5.92 Å². The van der Waals surface area contributed by atoms with Gasteiger partial charge in [-0.2, -0.15) is 9.97 Å². The van der Waals surface area contributed by atoms with E-state index in [0.29, 0.717) is 62.0 Å². The molecule has 5 atom stereocenters. The van der Waals surface area contributed by atoms with Gasteiger partial charge in [-0.3, -0.25) is 9.78 Å². The predicted molar refractivity (Wildman–Crippen MR) is 204 cm³/mol. The molecule has 14 heteroatoms. The van der Waals surface area contributed by atoms with Crippen LogP contribution >= 0.6 is 0 Å². The molecule has 2 saturated carbocycles. The Kier molecular flexibility index (Phi) is 10.4. The van der Waals surface area contributed by atoms with Crippen LogP contribution in [0.15, 0.2) is 91.4 Å². The lowest BCUT2D eigenvalue weighted by Crippen LogP contribution is -2.46. The minimum Gasteiger partial charge on any atom is -0.388 e. The Morgan fingerprint density at radius 3 is 2.28 bits per heavy atom. The number of hydrogen-bond donors (Lipinski definition) is 6. The van der Waals surface area contributed by atoms with E-state index in [1.807, 2.05) is 59.5 Å². The summed E-state index contributed by atoms with van der Waals surface area (Å²) in [5, 5.41) is 34.9. The van der Waals surface area contributed by atoms with Crippen LogP contribution in [0.3, 0.4) is 0 Å². The number of urea groups is 1. The lowest BCUT2D eigenvalue weighted by molar-refractivity contribution is -0.129. The third kappa shape index (κ3) is 7.57. The molecule has 1 saturated heterocycles. The molecule has 0 bridgehead atoms. The zero-order chi connectivity index (χ0) is 37.0. The number of rotatable bonds is 12. The van der Waals surface area contributed by atoms with Crippen molar-refractivity contribution >= 4 is 34.9 Å². The number of aliphatic hydroxyl groups excluding tert-OH is 2. The Morgan fingerprint density at radius 2 is 1.59 bits per heavy atom. The number of benzene rings is 2. The minimum absolute atomic E-state index is 0.0137. The van der Waals surface area contributed by atoms with Crippen LogP contribution in [0.4, 0.5) is 16.6 Å². The second kappa shape index (κ2) is 15.8. The molecule has 6 N–H and O–H groups in total. The zero-order valence-electron chi connectivity index (χ0n) is 30.0. The van der Waals surface area contributed by atoms with E-state index in [1.165, 1.54) is 0 Å². The van der Waals surface area contributed by atoms with Gasteiger partial charge in [0.05, 0.1) is 30.6 Å². The second-order valence-electron chi connectivity index (χ2n) is 14.6. The van der Waals surface area contributed by atoms with E-state index in [4.69, 9.17) is 15.0 Å². The summed E-state index contributed by atoms with van der Waals surface area (Å²) in [5.74, 6) is 0.910. The second-order valence-corrected chi connectivity index (χ2v) is 14.6. The monoisotopic (exact) mass is 730 g/mol. The lowest BCUT2D eigenvalue weighted by atomic mass is 9.84. The van der Waals surface area contributed by atoms with E-state index < -0.39 is 24.3 Å². The summed E-state index contributed by atoms with van der Waals surface area (Å²) in [4.78, 5) is 46.7. The van der Waals surface area contributed by atoms with Crippen molar-refractivity contribution < 1.29 is 19.8 Å². The predicted octanol–water partition coefficient (Wildman–Crippen LogP) is 3.49. The summed E-state index contributed by atoms with van der Waals surface area (Å²) < 4.78 is 1.80. The molecule has 1 aliphatic heterocycles. The number of hydrogen-bond acceptors (Lipinski definition) is 10. The smallest absolute Gasteiger partial charge is 0.315 e. The first-order chi connectivity index (χ1) is 26.4.